The summed E-state index contributed by atoms with van der Waals surface area (Å²) in [6.07, 6.45) is 7.30. The van der Waals surface area contributed by atoms with Crippen LogP contribution in [0.5, 0.6) is 5.75 Å². The van der Waals surface area contributed by atoms with Crippen molar-refractivity contribution in [3.05, 3.63) is 47.8 Å². The molecule has 0 aliphatic rings. The molecule has 0 aliphatic heterocycles. The Balaban J connectivity index is 1.94. The van der Waals surface area contributed by atoms with Gasteiger partial charge >= 0.3 is 0 Å². The predicted molar refractivity (Wildman–Crippen MR) is 85.5 cm³/mol. The summed E-state index contributed by atoms with van der Waals surface area (Å²) < 4.78 is 7.29. The lowest BCUT2D eigenvalue weighted by molar-refractivity contribution is 0.404. The molecule has 0 radical (unpaired) electrons. The van der Waals surface area contributed by atoms with Crippen molar-refractivity contribution < 1.29 is 4.74 Å². The van der Waals surface area contributed by atoms with Crippen LogP contribution in [-0.2, 0) is 19.9 Å². The first-order valence-electron chi connectivity index (χ1n) is 6.88. The number of rotatable bonds is 7. The van der Waals surface area contributed by atoms with Crippen LogP contribution in [0.2, 0.25) is 0 Å². The fraction of sp³-hybridized carbons (Fsp3) is 0.438. The molecule has 20 heavy (non-hydrogen) atoms. The fourth-order valence-corrected chi connectivity index (χ4v) is 2.94. The third-order valence-electron chi connectivity index (χ3n) is 3.52. The number of alkyl halides is 1. The van der Waals surface area contributed by atoms with Gasteiger partial charge in [-0.25, -0.2) is 0 Å². The van der Waals surface area contributed by atoms with Crippen LogP contribution in [0.25, 0.3) is 0 Å². The lowest BCUT2D eigenvalue weighted by atomic mass is 9.95. The quantitative estimate of drug-likeness (QED) is 0.722. The average Bonchev–Trinajstić information content (AvgIpc) is 2.89. The van der Waals surface area contributed by atoms with E-state index in [1.54, 1.807) is 7.11 Å². The van der Waals surface area contributed by atoms with Gasteiger partial charge in [0.1, 0.15) is 5.75 Å². The van der Waals surface area contributed by atoms with Crippen molar-refractivity contribution in [2.45, 2.75) is 19.3 Å². The fourth-order valence-electron chi connectivity index (χ4n) is 2.39. The zero-order valence-electron chi connectivity index (χ0n) is 12.1. The third-order valence-corrected chi connectivity index (χ3v) is 4.43. The number of benzene rings is 1. The van der Waals surface area contributed by atoms with Gasteiger partial charge < -0.3 is 4.74 Å². The normalized spacial score (nSPS) is 12.3. The van der Waals surface area contributed by atoms with Gasteiger partial charge in [0.15, 0.2) is 0 Å². The Morgan fingerprint density at radius 1 is 1.35 bits per heavy atom. The maximum atomic E-state index is 5.43. The summed E-state index contributed by atoms with van der Waals surface area (Å²) in [6, 6.07) is 8.27. The second-order valence-electron chi connectivity index (χ2n) is 5.10. The van der Waals surface area contributed by atoms with Crippen LogP contribution in [0.4, 0.5) is 0 Å². The van der Waals surface area contributed by atoms with E-state index < -0.39 is 0 Å². The van der Waals surface area contributed by atoms with E-state index in [2.05, 4.69) is 39.4 Å². The van der Waals surface area contributed by atoms with Crippen molar-refractivity contribution in [1.29, 1.82) is 0 Å². The largest absolute Gasteiger partial charge is 0.496 e. The summed E-state index contributed by atoms with van der Waals surface area (Å²) in [6.45, 7) is 0. The smallest absolute Gasteiger partial charge is 0.122 e. The number of hydrogen-bond donors (Lipinski definition) is 0. The summed E-state index contributed by atoms with van der Waals surface area (Å²) in [7, 11) is 3.69. The van der Waals surface area contributed by atoms with E-state index in [9.17, 15) is 0 Å². The SMILES string of the molecule is COc1ccccc1CC(CBr)CCc1cnn(C)c1. The molecule has 108 valence electrons. The molecule has 3 nitrogen and oxygen atoms in total. The Morgan fingerprint density at radius 2 is 2.15 bits per heavy atom. The number of para-hydroxylation sites is 1. The minimum absolute atomic E-state index is 0.603. The van der Waals surface area contributed by atoms with Crippen LogP contribution in [0.3, 0.4) is 0 Å². The van der Waals surface area contributed by atoms with Gasteiger partial charge in [0.05, 0.1) is 13.3 Å². The molecule has 0 saturated heterocycles. The van der Waals surface area contributed by atoms with E-state index in [0.717, 1.165) is 30.3 Å². The summed E-state index contributed by atoms with van der Waals surface area (Å²) in [5.74, 6) is 1.59. The van der Waals surface area contributed by atoms with Gasteiger partial charge in [-0.05, 0) is 42.4 Å². The molecule has 0 amide bonds. The molecule has 1 aromatic carbocycles. The maximum Gasteiger partial charge on any atom is 0.122 e. The van der Waals surface area contributed by atoms with Gasteiger partial charge in [-0.15, -0.1) is 0 Å². The van der Waals surface area contributed by atoms with Crippen molar-refractivity contribution in [1.82, 2.24) is 9.78 Å². The highest BCUT2D eigenvalue weighted by molar-refractivity contribution is 9.09. The highest BCUT2D eigenvalue weighted by atomic mass is 79.9. The van der Waals surface area contributed by atoms with Crippen LogP contribution >= 0.6 is 15.9 Å². The van der Waals surface area contributed by atoms with Crippen LogP contribution in [0.15, 0.2) is 36.7 Å². The van der Waals surface area contributed by atoms with E-state index in [1.807, 2.05) is 30.1 Å². The lowest BCUT2D eigenvalue weighted by Crippen LogP contribution is -2.08. The number of halogens is 1. The zero-order valence-corrected chi connectivity index (χ0v) is 13.6. The van der Waals surface area contributed by atoms with E-state index in [1.165, 1.54) is 11.1 Å². The molecule has 1 atom stereocenters. The molecule has 0 saturated carbocycles. The number of nitrogens with zero attached hydrogens (tertiary/aromatic N) is 2. The van der Waals surface area contributed by atoms with Crippen molar-refractivity contribution in [3.8, 4) is 5.75 Å². The molecule has 1 unspecified atom stereocenters. The van der Waals surface area contributed by atoms with Gasteiger partial charge in [-0.2, -0.15) is 5.10 Å². The second kappa shape index (κ2) is 7.48. The first kappa shape index (κ1) is 15.1. The van der Waals surface area contributed by atoms with E-state index in [4.69, 9.17) is 4.74 Å². The van der Waals surface area contributed by atoms with Crippen molar-refractivity contribution >= 4 is 15.9 Å². The highest BCUT2D eigenvalue weighted by Gasteiger charge is 2.12. The first-order valence-corrected chi connectivity index (χ1v) is 8.00. The Bertz CT molecular complexity index is 539. The van der Waals surface area contributed by atoms with Gasteiger partial charge in [0, 0.05) is 18.6 Å². The van der Waals surface area contributed by atoms with Crippen molar-refractivity contribution in [3.63, 3.8) is 0 Å². The number of aromatic nitrogens is 2. The van der Waals surface area contributed by atoms with Crippen LogP contribution < -0.4 is 4.74 Å². The Kier molecular flexibility index (Phi) is 5.65. The molecule has 1 aromatic heterocycles. The molecule has 0 N–H and O–H groups in total. The molecule has 0 fully saturated rings. The number of methoxy groups -OCH3 is 1. The van der Waals surface area contributed by atoms with E-state index in [0.29, 0.717) is 5.92 Å². The Morgan fingerprint density at radius 3 is 2.80 bits per heavy atom. The van der Waals surface area contributed by atoms with Crippen molar-refractivity contribution in [2.24, 2.45) is 13.0 Å². The monoisotopic (exact) mass is 336 g/mol. The molecule has 0 aliphatic carbocycles. The summed E-state index contributed by atoms with van der Waals surface area (Å²) >= 11 is 3.64. The molecule has 4 heteroatoms. The highest BCUT2D eigenvalue weighted by Crippen LogP contribution is 2.24. The van der Waals surface area contributed by atoms with Gasteiger partial charge in [-0.3, -0.25) is 4.68 Å². The molecule has 0 spiro atoms. The standard InChI is InChI=1S/C16H21BrN2O/c1-19-12-14(11-18-19)8-7-13(10-17)9-15-5-3-4-6-16(15)20-2/h3-6,11-13H,7-10H2,1-2H3. The van der Waals surface area contributed by atoms with Crippen molar-refractivity contribution in [2.75, 3.05) is 12.4 Å². The van der Waals surface area contributed by atoms with E-state index in [-0.39, 0.29) is 0 Å². The van der Waals surface area contributed by atoms with E-state index >= 15 is 0 Å². The minimum Gasteiger partial charge on any atom is -0.496 e. The Hall–Kier alpha value is -1.29. The van der Waals surface area contributed by atoms with Crippen LogP contribution in [0, 0.1) is 5.92 Å². The van der Waals surface area contributed by atoms with Gasteiger partial charge in [0.2, 0.25) is 0 Å². The summed E-state index contributed by atoms with van der Waals surface area (Å²) in [4.78, 5) is 0. The zero-order chi connectivity index (χ0) is 14.4. The molecule has 1 heterocycles. The average molecular weight is 337 g/mol. The lowest BCUT2D eigenvalue weighted by Gasteiger charge is -2.15. The molecule has 2 rings (SSSR count). The van der Waals surface area contributed by atoms with Gasteiger partial charge in [0.25, 0.3) is 0 Å². The maximum absolute atomic E-state index is 5.43. The molecular formula is C16H21BrN2O. The number of hydrogen-bond acceptors (Lipinski definition) is 2. The second-order valence-corrected chi connectivity index (χ2v) is 5.74. The molecule has 2 aromatic rings. The van der Waals surface area contributed by atoms with Crippen LogP contribution in [-0.4, -0.2) is 22.2 Å². The molecular weight excluding hydrogens is 316 g/mol. The first-order chi connectivity index (χ1) is 9.72. The summed E-state index contributed by atoms with van der Waals surface area (Å²) in [5, 5.41) is 5.22. The van der Waals surface area contributed by atoms with Crippen LogP contribution in [0.1, 0.15) is 17.5 Å². The number of aryl methyl sites for hydroxylation is 2. The molecule has 0 bridgehead atoms. The topological polar surface area (TPSA) is 27.1 Å². The number of ether oxygens (including phenoxy) is 1. The third kappa shape index (κ3) is 4.10. The predicted octanol–water partition coefficient (Wildman–Crippen LogP) is 3.62. The summed E-state index contributed by atoms with van der Waals surface area (Å²) in [5.41, 5.74) is 2.59. The van der Waals surface area contributed by atoms with Gasteiger partial charge in [-0.1, -0.05) is 34.1 Å². The minimum atomic E-state index is 0.603. The Labute approximate surface area is 129 Å².